The summed E-state index contributed by atoms with van der Waals surface area (Å²) in [7, 11) is -2.84. The van der Waals surface area contributed by atoms with Gasteiger partial charge in [0.15, 0.2) is 5.75 Å². The van der Waals surface area contributed by atoms with Gasteiger partial charge in [-0.1, -0.05) is 81.4 Å². The zero-order chi connectivity index (χ0) is 28.2. The molecule has 6 nitrogen and oxygen atoms in total. The number of amides is 1. The highest BCUT2D eigenvalue weighted by Crippen LogP contribution is 2.39. The summed E-state index contributed by atoms with van der Waals surface area (Å²) in [6, 6.07) is 7.86. The van der Waals surface area contributed by atoms with Gasteiger partial charge in [0.1, 0.15) is 5.75 Å². The van der Waals surface area contributed by atoms with Crippen LogP contribution in [0.25, 0.3) is 0 Å². The summed E-state index contributed by atoms with van der Waals surface area (Å²) in [6.07, 6.45) is -0.0430. The highest BCUT2D eigenvalue weighted by atomic mass is 32.2. The van der Waals surface area contributed by atoms with Gasteiger partial charge in [0.2, 0.25) is 5.91 Å². The van der Waals surface area contributed by atoms with E-state index in [-0.39, 0.29) is 35.8 Å². The summed E-state index contributed by atoms with van der Waals surface area (Å²) in [6.45, 7) is 20.5. The molecule has 206 valence electrons. The van der Waals surface area contributed by atoms with Gasteiger partial charge in [-0.05, 0) is 64.0 Å². The summed E-state index contributed by atoms with van der Waals surface area (Å²) in [5.41, 5.74) is 5.65. The Labute approximate surface area is 224 Å². The standard InChI is InChI=1S/C30H45NO5S/c1-17(2)22-12-24(18(3)4)28(25(13-22)19(5)6)16-29(32)31-37(33,34)36-30-26(20(7)8)14-23(35-11)15-27(30)21(9)10/h12-15,17-21H,16H2,1-11H3,(H,31,32). The molecule has 0 aromatic heterocycles. The van der Waals surface area contributed by atoms with Crippen LogP contribution in [0.5, 0.6) is 11.5 Å². The van der Waals surface area contributed by atoms with Crippen LogP contribution in [-0.2, 0) is 21.5 Å². The number of benzene rings is 2. The molecular weight excluding hydrogens is 486 g/mol. The molecule has 0 aliphatic rings. The van der Waals surface area contributed by atoms with Crippen LogP contribution in [0.3, 0.4) is 0 Å². The van der Waals surface area contributed by atoms with Crippen molar-refractivity contribution in [2.24, 2.45) is 0 Å². The van der Waals surface area contributed by atoms with Crippen LogP contribution in [-0.4, -0.2) is 21.4 Å². The quantitative estimate of drug-likeness (QED) is 0.329. The average molecular weight is 532 g/mol. The molecule has 0 spiro atoms. The second-order valence-corrected chi connectivity index (χ2v) is 12.6. The van der Waals surface area contributed by atoms with E-state index in [9.17, 15) is 13.2 Å². The van der Waals surface area contributed by atoms with Crippen molar-refractivity contribution in [3.63, 3.8) is 0 Å². The SMILES string of the molecule is COc1cc(C(C)C)c(OS(=O)(=O)NC(=O)Cc2c(C(C)C)cc(C(C)C)cc2C(C)C)c(C(C)C)c1. The molecule has 0 aliphatic heterocycles. The highest BCUT2D eigenvalue weighted by molar-refractivity contribution is 7.85. The number of carbonyl (C=O) groups excluding carboxylic acids is 1. The molecule has 1 amide bonds. The molecule has 0 atom stereocenters. The summed E-state index contributed by atoms with van der Waals surface area (Å²) in [5.74, 6) is 0.951. The fraction of sp³-hybridized carbons (Fsp3) is 0.567. The van der Waals surface area contributed by atoms with E-state index in [1.54, 1.807) is 19.2 Å². The Morgan fingerprint density at radius 1 is 0.730 bits per heavy atom. The molecule has 2 aromatic rings. The number of methoxy groups -OCH3 is 1. The molecule has 0 saturated carbocycles. The number of ether oxygens (including phenoxy) is 1. The maximum atomic E-state index is 13.1. The van der Waals surface area contributed by atoms with Gasteiger partial charge in [-0.15, -0.1) is 0 Å². The van der Waals surface area contributed by atoms with Crippen molar-refractivity contribution in [2.45, 2.75) is 105 Å². The van der Waals surface area contributed by atoms with Crippen LogP contribution in [0.4, 0.5) is 0 Å². The molecular formula is C30H45NO5S. The number of rotatable bonds is 11. The van der Waals surface area contributed by atoms with Crippen LogP contribution in [0.15, 0.2) is 24.3 Å². The van der Waals surface area contributed by atoms with Gasteiger partial charge in [0.05, 0.1) is 13.5 Å². The molecule has 2 aromatic carbocycles. The number of hydrogen-bond acceptors (Lipinski definition) is 5. The van der Waals surface area contributed by atoms with Gasteiger partial charge in [-0.25, -0.2) is 4.72 Å². The first-order valence-electron chi connectivity index (χ1n) is 13.2. The van der Waals surface area contributed by atoms with Crippen LogP contribution in [0, 0.1) is 0 Å². The Morgan fingerprint density at radius 2 is 1.16 bits per heavy atom. The molecule has 1 N–H and O–H groups in total. The van der Waals surface area contributed by atoms with Gasteiger partial charge < -0.3 is 8.92 Å². The molecule has 0 fully saturated rings. The normalized spacial score (nSPS) is 12.2. The Kier molecular flexibility index (Phi) is 10.2. The zero-order valence-electron chi connectivity index (χ0n) is 24.4. The number of hydrogen-bond donors (Lipinski definition) is 1. The summed E-state index contributed by atoms with van der Waals surface area (Å²) in [4.78, 5) is 13.1. The molecule has 0 unspecified atom stereocenters. The van der Waals surface area contributed by atoms with Crippen molar-refractivity contribution in [1.29, 1.82) is 0 Å². The van der Waals surface area contributed by atoms with E-state index in [4.69, 9.17) is 8.92 Å². The molecule has 0 radical (unpaired) electrons. The minimum Gasteiger partial charge on any atom is -0.497 e. The molecule has 0 heterocycles. The van der Waals surface area contributed by atoms with Gasteiger partial charge in [-0.3, -0.25) is 4.79 Å². The van der Waals surface area contributed by atoms with Crippen molar-refractivity contribution in [1.82, 2.24) is 4.72 Å². The first kappa shape index (κ1) is 30.7. The van der Waals surface area contributed by atoms with E-state index >= 15 is 0 Å². The minimum absolute atomic E-state index is 0.0184. The minimum atomic E-state index is -4.41. The van der Waals surface area contributed by atoms with Crippen LogP contribution < -0.4 is 13.6 Å². The van der Waals surface area contributed by atoms with E-state index in [2.05, 4.69) is 58.4 Å². The summed E-state index contributed by atoms with van der Waals surface area (Å²) in [5, 5.41) is 0. The van der Waals surface area contributed by atoms with Crippen molar-refractivity contribution in [3.8, 4) is 11.5 Å². The van der Waals surface area contributed by atoms with Crippen molar-refractivity contribution < 1.29 is 22.1 Å². The third-order valence-corrected chi connectivity index (χ3v) is 7.48. The lowest BCUT2D eigenvalue weighted by molar-refractivity contribution is -0.118. The van der Waals surface area contributed by atoms with Gasteiger partial charge in [0.25, 0.3) is 0 Å². The third-order valence-electron chi connectivity index (χ3n) is 6.62. The fourth-order valence-corrected chi connectivity index (χ4v) is 5.30. The lowest BCUT2D eigenvalue weighted by atomic mass is 9.83. The maximum Gasteiger partial charge on any atom is 0.409 e. The molecule has 0 aliphatic carbocycles. The zero-order valence-corrected chi connectivity index (χ0v) is 25.2. The Balaban J connectivity index is 2.45. The number of nitrogens with one attached hydrogen (secondary N) is 1. The second-order valence-electron chi connectivity index (χ2n) is 11.3. The Bertz CT molecular complexity index is 1150. The topological polar surface area (TPSA) is 81.7 Å². The summed E-state index contributed by atoms with van der Waals surface area (Å²) < 4.78 is 39.4. The first-order valence-corrected chi connectivity index (χ1v) is 14.6. The van der Waals surface area contributed by atoms with Crippen LogP contribution in [0.2, 0.25) is 0 Å². The van der Waals surface area contributed by atoms with E-state index in [0.717, 1.165) is 16.7 Å². The van der Waals surface area contributed by atoms with E-state index < -0.39 is 16.2 Å². The maximum absolute atomic E-state index is 13.1. The number of carbonyl (C=O) groups is 1. The van der Waals surface area contributed by atoms with Gasteiger partial charge in [0, 0.05) is 11.1 Å². The molecule has 0 saturated heterocycles. The van der Waals surface area contributed by atoms with E-state index in [1.165, 1.54) is 5.56 Å². The van der Waals surface area contributed by atoms with Crippen molar-refractivity contribution in [3.05, 3.63) is 57.6 Å². The Morgan fingerprint density at radius 3 is 1.51 bits per heavy atom. The largest absolute Gasteiger partial charge is 0.497 e. The molecule has 2 rings (SSSR count). The molecule has 37 heavy (non-hydrogen) atoms. The smallest absolute Gasteiger partial charge is 0.409 e. The summed E-state index contributed by atoms with van der Waals surface area (Å²) >= 11 is 0. The van der Waals surface area contributed by atoms with Crippen LogP contribution in [0.1, 0.15) is 132 Å². The highest BCUT2D eigenvalue weighted by Gasteiger charge is 2.26. The van der Waals surface area contributed by atoms with Gasteiger partial charge >= 0.3 is 10.3 Å². The molecule has 7 heteroatoms. The predicted molar refractivity (Wildman–Crippen MR) is 151 cm³/mol. The van der Waals surface area contributed by atoms with Crippen LogP contribution >= 0.6 is 0 Å². The predicted octanol–water partition coefficient (Wildman–Crippen LogP) is 7.29. The first-order chi connectivity index (χ1) is 17.1. The molecule has 0 bridgehead atoms. The second kappa shape index (κ2) is 12.3. The fourth-order valence-electron chi connectivity index (χ4n) is 4.49. The van der Waals surface area contributed by atoms with Crippen molar-refractivity contribution in [2.75, 3.05) is 7.11 Å². The van der Waals surface area contributed by atoms with E-state index in [0.29, 0.717) is 22.8 Å². The average Bonchev–Trinajstić information content (AvgIpc) is 2.77. The lowest BCUT2D eigenvalue weighted by Gasteiger charge is -2.23. The van der Waals surface area contributed by atoms with Crippen molar-refractivity contribution >= 4 is 16.2 Å². The Hall–Kier alpha value is -2.54. The third kappa shape index (κ3) is 7.73. The lowest BCUT2D eigenvalue weighted by Crippen LogP contribution is -2.36. The monoisotopic (exact) mass is 531 g/mol. The van der Waals surface area contributed by atoms with Gasteiger partial charge in [-0.2, -0.15) is 8.42 Å². The van der Waals surface area contributed by atoms with E-state index in [1.807, 2.05) is 27.7 Å².